The molecule has 2 atom stereocenters. The molecule has 0 bridgehead atoms. The second kappa shape index (κ2) is 3.69. The van der Waals surface area contributed by atoms with Crippen molar-refractivity contribution in [3.8, 4) is 0 Å². The molecule has 0 saturated carbocycles. The van der Waals surface area contributed by atoms with E-state index in [-0.39, 0.29) is 6.10 Å². The smallest absolute Gasteiger partial charge is 0.315 e. The predicted octanol–water partition coefficient (Wildman–Crippen LogP) is 2.42. The first-order valence-corrected chi connectivity index (χ1v) is 4.97. The quantitative estimate of drug-likeness (QED) is 0.324. The Balaban J connectivity index is 2.14. The molecule has 2 heterocycles. The summed E-state index contributed by atoms with van der Waals surface area (Å²) in [5.74, 6) is -0.429. The van der Waals surface area contributed by atoms with Crippen molar-refractivity contribution in [1.82, 2.24) is 0 Å². The Morgan fingerprint density at radius 3 is 3.21 bits per heavy atom. The number of azide groups is 1. The van der Waals surface area contributed by atoms with Gasteiger partial charge < -0.3 is 4.74 Å². The van der Waals surface area contributed by atoms with E-state index in [4.69, 9.17) is 10.3 Å². The van der Waals surface area contributed by atoms with Crippen LogP contribution in [0.4, 0.5) is 0 Å². The van der Waals surface area contributed by atoms with E-state index in [2.05, 4.69) is 10.0 Å². The van der Waals surface area contributed by atoms with Gasteiger partial charge in [0.2, 0.25) is 0 Å². The third-order valence-corrected chi connectivity index (χ3v) is 2.98. The van der Waals surface area contributed by atoms with E-state index >= 15 is 0 Å². The minimum atomic E-state index is -0.660. The average molecular weight is 209 g/mol. The van der Waals surface area contributed by atoms with Crippen LogP contribution in [0.5, 0.6) is 0 Å². The van der Waals surface area contributed by atoms with Crippen molar-refractivity contribution in [2.75, 3.05) is 0 Å². The van der Waals surface area contributed by atoms with Gasteiger partial charge in [-0.2, -0.15) is 0 Å². The SMILES string of the molecule is [N-]=[N+]=N[C@H]1C[C@H](c2cccs2)OC1=O. The highest BCUT2D eigenvalue weighted by Crippen LogP contribution is 2.33. The van der Waals surface area contributed by atoms with Crippen LogP contribution >= 0.6 is 11.3 Å². The lowest BCUT2D eigenvalue weighted by molar-refractivity contribution is -0.142. The van der Waals surface area contributed by atoms with Crippen molar-refractivity contribution in [3.63, 3.8) is 0 Å². The van der Waals surface area contributed by atoms with Gasteiger partial charge in [0.05, 0.1) is 0 Å². The van der Waals surface area contributed by atoms with Crippen LogP contribution in [0.3, 0.4) is 0 Å². The van der Waals surface area contributed by atoms with E-state index in [1.54, 1.807) is 0 Å². The summed E-state index contributed by atoms with van der Waals surface area (Å²) in [5.41, 5.74) is 8.21. The van der Waals surface area contributed by atoms with Gasteiger partial charge in [-0.25, -0.2) is 0 Å². The van der Waals surface area contributed by atoms with Crippen LogP contribution in [0.2, 0.25) is 0 Å². The molecule has 0 aliphatic carbocycles. The summed E-state index contributed by atoms with van der Waals surface area (Å²) in [6, 6.07) is 3.14. The first kappa shape index (κ1) is 9.05. The van der Waals surface area contributed by atoms with Crippen molar-refractivity contribution < 1.29 is 9.53 Å². The van der Waals surface area contributed by atoms with Crippen LogP contribution in [0, 0.1) is 0 Å². The number of hydrogen-bond acceptors (Lipinski definition) is 4. The molecule has 1 fully saturated rings. The Morgan fingerprint density at radius 1 is 1.71 bits per heavy atom. The van der Waals surface area contributed by atoms with Crippen LogP contribution in [0.1, 0.15) is 17.4 Å². The lowest BCUT2D eigenvalue weighted by atomic mass is 10.1. The molecule has 0 N–H and O–H groups in total. The Morgan fingerprint density at radius 2 is 2.57 bits per heavy atom. The molecule has 72 valence electrons. The van der Waals surface area contributed by atoms with E-state index in [1.165, 1.54) is 11.3 Å². The van der Waals surface area contributed by atoms with Crippen molar-refractivity contribution in [1.29, 1.82) is 0 Å². The van der Waals surface area contributed by atoms with Crippen LogP contribution in [-0.2, 0) is 9.53 Å². The van der Waals surface area contributed by atoms with Crippen molar-refractivity contribution in [3.05, 3.63) is 32.8 Å². The molecule has 0 unspecified atom stereocenters. The molecule has 1 saturated heterocycles. The second-order valence-corrected chi connectivity index (χ2v) is 3.88. The molecule has 0 aromatic carbocycles. The Bertz CT molecular complexity index is 383. The standard InChI is InChI=1S/C8H7N3O2S/c9-11-10-5-4-6(13-8(5)12)7-2-1-3-14-7/h1-3,5-6H,4H2/t5-,6+/m0/s1. The van der Waals surface area contributed by atoms with Gasteiger partial charge in [-0.1, -0.05) is 11.2 Å². The Kier molecular flexibility index (Phi) is 2.39. The van der Waals surface area contributed by atoms with Crippen molar-refractivity contribution in [2.45, 2.75) is 18.6 Å². The van der Waals surface area contributed by atoms with Crippen LogP contribution in [0.25, 0.3) is 10.4 Å². The summed E-state index contributed by atoms with van der Waals surface area (Å²) < 4.78 is 5.08. The molecular formula is C8H7N3O2S. The molecule has 0 amide bonds. The fourth-order valence-corrected chi connectivity index (χ4v) is 2.14. The highest BCUT2D eigenvalue weighted by atomic mass is 32.1. The number of ether oxygens (including phenoxy) is 1. The molecule has 0 spiro atoms. The molecule has 1 aromatic heterocycles. The van der Waals surface area contributed by atoms with Gasteiger partial charge in [-0.15, -0.1) is 11.3 Å². The van der Waals surface area contributed by atoms with E-state index < -0.39 is 12.0 Å². The topological polar surface area (TPSA) is 75.1 Å². The van der Waals surface area contributed by atoms with E-state index in [0.29, 0.717) is 6.42 Å². The Hall–Kier alpha value is -1.52. The number of carbonyl (C=O) groups is 1. The number of carbonyl (C=O) groups excluding carboxylic acids is 1. The summed E-state index contributed by atoms with van der Waals surface area (Å²) >= 11 is 1.53. The van der Waals surface area contributed by atoms with E-state index in [9.17, 15) is 4.79 Å². The molecule has 5 nitrogen and oxygen atoms in total. The van der Waals surface area contributed by atoms with Crippen molar-refractivity contribution >= 4 is 17.3 Å². The Labute approximate surface area is 83.9 Å². The monoisotopic (exact) mass is 209 g/mol. The zero-order chi connectivity index (χ0) is 9.97. The fraction of sp³-hybridized carbons (Fsp3) is 0.375. The third-order valence-electron chi connectivity index (χ3n) is 2.02. The van der Waals surface area contributed by atoms with Gasteiger partial charge >= 0.3 is 5.97 Å². The largest absolute Gasteiger partial charge is 0.456 e. The van der Waals surface area contributed by atoms with Gasteiger partial charge in [0.15, 0.2) is 0 Å². The van der Waals surface area contributed by atoms with Gasteiger partial charge in [-0.05, 0) is 17.0 Å². The van der Waals surface area contributed by atoms with Gasteiger partial charge in [0.1, 0.15) is 12.1 Å². The van der Waals surface area contributed by atoms with Crippen molar-refractivity contribution in [2.24, 2.45) is 5.11 Å². The lowest BCUT2D eigenvalue weighted by Gasteiger charge is -2.04. The number of cyclic esters (lactones) is 1. The van der Waals surface area contributed by atoms with Crippen LogP contribution in [0.15, 0.2) is 22.6 Å². The minimum absolute atomic E-state index is 0.238. The predicted molar refractivity (Wildman–Crippen MR) is 50.7 cm³/mol. The van der Waals surface area contributed by atoms with E-state index in [0.717, 1.165) is 4.88 Å². The maximum absolute atomic E-state index is 11.2. The lowest BCUT2D eigenvalue weighted by Crippen LogP contribution is -2.09. The molecule has 6 heteroatoms. The molecule has 14 heavy (non-hydrogen) atoms. The van der Waals surface area contributed by atoms with E-state index in [1.807, 2.05) is 17.5 Å². The summed E-state index contributed by atoms with van der Waals surface area (Å²) in [6.45, 7) is 0. The summed E-state index contributed by atoms with van der Waals surface area (Å²) in [5, 5.41) is 5.30. The fourth-order valence-electron chi connectivity index (χ4n) is 1.37. The first-order chi connectivity index (χ1) is 6.81. The third kappa shape index (κ3) is 1.57. The normalized spacial score (nSPS) is 25.6. The highest BCUT2D eigenvalue weighted by molar-refractivity contribution is 7.10. The number of esters is 1. The minimum Gasteiger partial charge on any atom is -0.456 e. The molecular weight excluding hydrogens is 202 g/mol. The molecule has 0 radical (unpaired) electrons. The number of rotatable bonds is 2. The second-order valence-electron chi connectivity index (χ2n) is 2.90. The zero-order valence-electron chi connectivity index (χ0n) is 7.16. The molecule has 1 aliphatic rings. The highest BCUT2D eigenvalue weighted by Gasteiger charge is 2.34. The number of thiophene rings is 1. The first-order valence-electron chi connectivity index (χ1n) is 4.09. The summed E-state index contributed by atoms with van der Waals surface area (Å²) in [4.78, 5) is 14.8. The number of hydrogen-bond donors (Lipinski definition) is 0. The molecule has 1 aliphatic heterocycles. The van der Waals surface area contributed by atoms with Gasteiger partial charge in [0.25, 0.3) is 0 Å². The maximum Gasteiger partial charge on any atom is 0.315 e. The zero-order valence-corrected chi connectivity index (χ0v) is 7.98. The summed E-state index contributed by atoms with van der Waals surface area (Å²) in [7, 11) is 0. The summed E-state index contributed by atoms with van der Waals surface area (Å²) in [6.07, 6.45) is 0.210. The molecule has 1 aromatic rings. The average Bonchev–Trinajstić information content (AvgIpc) is 2.76. The van der Waals surface area contributed by atoms with Crippen LogP contribution < -0.4 is 0 Å². The van der Waals surface area contributed by atoms with Gasteiger partial charge in [-0.3, -0.25) is 4.79 Å². The molecule has 2 rings (SSSR count). The van der Waals surface area contributed by atoms with Gasteiger partial charge in [0, 0.05) is 16.2 Å². The number of nitrogens with zero attached hydrogens (tertiary/aromatic N) is 3. The van der Waals surface area contributed by atoms with Crippen LogP contribution in [-0.4, -0.2) is 12.0 Å². The maximum atomic E-state index is 11.2.